The van der Waals surface area contributed by atoms with Crippen molar-refractivity contribution in [1.29, 1.82) is 0 Å². The zero-order chi connectivity index (χ0) is 21.9. The van der Waals surface area contributed by atoms with Gasteiger partial charge in [-0.2, -0.15) is 0 Å². The maximum absolute atomic E-state index is 10.7. The molecule has 1 aliphatic carbocycles. The van der Waals surface area contributed by atoms with Crippen molar-refractivity contribution >= 4 is 11.6 Å². The van der Waals surface area contributed by atoms with E-state index in [4.69, 9.17) is 16.3 Å². The Hall–Kier alpha value is -2.65. The lowest BCUT2D eigenvalue weighted by atomic mass is 9.71. The first kappa shape index (κ1) is 20.3. The minimum Gasteiger partial charge on any atom is -0.508 e. The highest BCUT2D eigenvalue weighted by atomic mass is 35.5. The molecule has 2 atom stereocenters. The van der Waals surface area contributed by atoms with Crippen molar-refractivity contribution in [3.63, 3.8) is 0 Å². The molecule has 5 rings (SSSR count). The smallest absolute Gasteiger partial charge is 0.147 e. The molecule has 3 aliphatic rings. The number of ether oxygens (including phenoxy) is 1. The lowest BCUT2D eigenvalue weighted by molar-refractivity contribution is 0.209. The minimum absolute atomic E-state index is 0.0594. The molecule has 0 radical (unpaired) electrons. The van der Waals surface area contributed by atoms with Crippen molar-refractivity contribution in [3.05, 3.63) is 92.7 Å². The first-order chi connectivity index (χ1) is 14.8. The highest BCUT2D eigenvalue weighted by Crippen LogP contribution is 2.55. The second kappa shape index (κ2) is 7.20. The Labute approximate surface area is 189 Å². The van der Waals surface area contributed by atoms with Gasteiger partial charge in [0, 0.05) is 27.8 Å². The first-order valence-corrected chi connectivity index (χ1v) is 11.4. The molecular weight excluding hydrogens is 406 g/mol. The second-order valence-electron chi connectivity index (χ2n) is 9.34. The standard InChI is InChI=1S/C27H28ClNO2/c1-5-16-11-17(13-18(28)12-16)26-25-19(24-21(30)7-6-8-22(24)31-26)9-10-20-23(25)15(2)14-27(3,4)29-20/h6-8,10-14,19,26,29-30H,5,9H2,1-4H3. The van der Waals surface area contributed by atoms with Gasteiger partial charge < -0.3 is 15.2 Å². The summed E-state index contributed by atoms with van der Waals surface area (Å²) in [5.41, 5.74) is 7.82. The predicted octanol–water partition coefficient (Wildman–Crippen LogP) is 6.74. The number of hydrogen-bond acceptors (Lipinski definition) is 3. The van der Waals surface area contributed by atoms with Crippen LogP contribution in [-0.2, 0) is 6.42 Å². The van der Waals surface area contributed by atoms with E-state index in [0.29, 0.717) is 5.75 Å². The maximum Gasteiger partial charge on any atom is 0.147 e. The van der Waals surface area contributed by atoms with E-state index < -0.39 is 0 Å². The van der Waals surface area contributed by atoms with E-state index in [-0.39, 0.29) is 17.6 Å². The first-order valence-electron chi connectivity index (χ1n) is 11.0. The van der Waals surface area contributed by atoms with Gasteiger partial charge in [-0.25, -0.2) is 0 Å². The van der Waals surface area contributed by atoms with Crippen LogP contribution >= 0.6 is 11.6 Å². The molecule has 2 aromatic carbocycles. The molecule has 0 bridgehead atoms. The summed E-state index contributed by atoms with van der Waals surface area (Å²) in [6, 6.07) is 11.8. The molecule has 31 heavy (non-hydrogen) atoms. The zero-order valence-electron chi connectivity index (χ0n) is 18.4. The summed E-state index contributed by atoms with van der Waals surface area (Å²) < 4.78 is 6.61. The van der Waals surface area contributed by atoms with Crippen molar-refractivity contribution in [2.75, 3.05) is 0 Å². The van der Waals surface area contributed by atoms with Crippen molar-refractivity contribution in [1.82, 2.24) is 5.32 Å². The molecule has 0 fully saturated rings. The zero-order valence-corrected chi connectivity index (χ0v) is 19.2. The van der Waals surface area contributed by atoms with Crippen LogP contribution in [0.5, 0.6) is 11.5 Å². The van der Waals surface area contributed by atoms with E-state index in [1.165, 1.54) is 22.3 Å². The van der Waals surface area contributed by atoms with Crippen molar-refractivity contribution in [2.45, 2.75) is 58.1 Å². The van der Waals surface area contributed by atoms with E-state index in [0.717, 1.165) is 40.4 Å². The molecule has 0 spiro atoms. The lowest BCUT2D eigenvalue weighted by Crippen LogP contribution is -2.42. The summed E-state index contributed by atoms with van der Waals surface area (Å²) >= 11 is 6.51. The number of benzene rings is 2. The van der Waals surface area contributed by atoms with Crippen LogP contribution in [0, 0.1) is 0 Å². The van der Waals surface area contributed by atoms with Crippen LogP contribution in [0.15, 0.2) is 71.0 Å². The highest BCUT2D eigenvalue weighted by molar-refractivity contribution is 6.30. The number of halogens is 1. The molecule has 2 N–H and O–H groups in total. The number of aryl methyl sites for hydroxylation is 1. The Kier molecular flexibility index (Phi) is 4.71. The third kappa shape index (κ3) is 3.36. The van der Waals surface area contributed by atoms with Gasteiger partial charge in [-0.05, 0) is 80.2 Å². The summed E-state index contributed by atoms with van der Waals surface area (Å²) in [7, 11) is 0. The van der Waals surface area contributed by atoms with E-state index in [2.05, 4.69) is 51.2 Å². The fourth-order valence-corrected chi connectivity index (χ4v) is 5.65. The Bertz CT molecular complexity index is 1170. The molecule has 2 unspecified atom stereocenters. The summed E-state index contributed by atoms with van der Waals surface area (Å²) in [4.78, 5) is 0. The summed E-state index contributed by atoms with van der Waals surface area (Å²) in [5.74, 6) is 1.10. The topological polar surface area (TPSA) is 41.5 Å². The van der Waals surface area contributed by atoms with Crippen molar-refractivity contribution in [2.24, 2.45) is 0 Å². The maximum atomic E-state index is 10.7. The Morgan fingerprint density at radius 1 is 1.23 bits per heavy atom. The van der Waals surface area contributed by atoms with Gasteiger partial charge in [-0.3, -0.25) is 0 Å². The third-order valence-electron chi connectivity index (χ3n) is 6.53. The largest absolute Gasteiger partial charge is 0.508 e. The summed E-state index contributed by atoms with van der Waals surface area (Å²) in [6.07, 6.45) is 6.02. The van der Waals surface area contributed by atoms with Gasteiger partial charge in [0.25, 0.3) is 0 Å². The number of fused-ring (bicyclic) bond motifs is 4. The summed E-state index contributed by atoms with van der Waals surface area (Å²) in [6.45, 7) is 8.68. The van der Waals surface area contributed by atoms with Gasteiger partial charge in [-0.1, -0.05) is 42.8 Å². The second-order valence-corrected chi connectivity index (χ2v) is 9.78. The molecule has 0 amide bonds. The van der Waals surface area contributed by atoms with Crippen molar-refractivity contribution in [3.8, 4) is 11.5 Å². The molecule has 2 heterocycles. The van der Waals surface area contributed by atoms with E-state index >= 15 is 0 Å². The SMILES string of the molecule is CCc1cc(Cl)cc(C2Oc3cccc(O)c3C3CC=C4NC(C)(C)C=C(C)C4=C32)c1. The predicted molar refractivity (Wildman–Crippen MR) is 126 cm³/mol. The number of allylic oxidation sites excluding steroid dienone is 2. The lowest BCUT2D eigenvalue weighted by Gasteiger charge is -2.43. The number of hydrogen-bond donors (Lipinski definition) is 2. The molecule has 2 aromatic rings. The average molecular weight is 434 g/mol. The monoisotopic (exact) mass is 433 g/mol. The quantitative estimate of drug-likeness (QED) is 0.551. The molecule has 160 valence electrons. The van der Waals surface area contributed by atoms with Crippen LogP contribution in [0.3, 0.4) is 0 Å². The molecule has 3 nitrogen and oxygen atoms in total. The number of phenolic OH excluding ortho intramolecular Hbond substituents is 1. The highest BCUT2D eigenvalue weighted by Gasteiger charge is 2.42. The van der Waals surface area contributed by atoms with E-state index in [1.54, 1.807) is 6.07 Å². The van der Waals surface area contributed by atoms with Gasteiger partial charge in [0.15, 0.2) is 0 Å². The fraction of sp³-hybridized carbons (Fsp3) is 0.333. The molecule has 0 aromatic heterocycles. The molecule has 4 heteroatoms. The number of aromatic hydroxyl groups is 1. The van der Waals surface area contributed by atoms with Crippen LogP contribution in [-0.4, -0.2) is 10.6 Å². The molecule has 2 aliphatic heterocycles. The number of phenols is 1. The van der Waals surface area contributed by atoms with Crippen LogP contribution in [0.4, 0.5) is 0 Å². The van der Waals surface area contributed by atoms with Gasteiger partial charge in [0.1, 0.15) is 17.6 Å². The van der Waals surface area contributed by atoms with Crippen LogP contribution in [0.2, 0.25) is 5.02 Å². The Morgan fingerprint density at radius 3 is 2.81 bits per heavy atom. The van der Waals surface area contributed by atoms with Crippen LogP contribution < -0.4 is 10.1 Å². The summed E-state index contributed by atoms with van der Waals surface area (Å²) in [5, 5.41) is 15.2. The van der Waals surface area contributed by atoms with Gasteiger partial charge >= 0.3 is 0 Å². The fourth-order valence-electron chi connectivity index (χ4n) is 5.39. The average Bonchev–Trinajstić information content (AvgIpc) is 2.71. The number of nitrogens with one attached hydrogen (secondary N) is 1. The number of rotatable bonds is 2. The van der Waals surface area contributed by atoms with Crippen molar-refractivity contribution < 1.29 is 9.84 Å². The van der Waals surface area contributed by atoms with E-state index in [9.17, 15) is 5.11 Å². The Balaban J connectivity index is 1.78. The molecule has 0 saturated carbocycles. The minimum atomic E-state index is -0.256. The molecule has 0 saturated heterocycles. The van der Waals surface area contributed by atoms with Gasteiger partial charge in [0.05, 0.1) is 5.54 Å². The third-order valence-corrected chi connectivity index (χ3v) is 6.75. The Morgan fingerprint density at radius 2 is 2.03 bits per heavy atom. The van der Waals surface area contributed by atoms with Gasteiger partial charge in [-0.15, -0.1) is 0 Å². The van der Waals surface area contributed by atoms with Crippen LogP contribution in [0.1, 0.15) is 62.8 Å². The molecular formula is C27H28ClNO2. The normalized spacial score (nSPS) is 23.5. The van der Waals surface area contributed by atoms with Crippen LogP contribution in [0.25, 0.3) is 0 Å². The van der Waals surface area contributed by atoms with E-state index in [1.807, 2.05) is 24.3 Å². The van der Waals surface area contributed by atoms with Gasteiger partial charge in [0.2, 0.25) is 0 Å².